The normalized spacial score (nSPS) is 41.8. The molecule has 1 aliphatic carbocycles. The van der Waals surface area contributed by atoms with Gasteiger partial charge in [-0.15, -0.1) is 0 Å². The summed E-state index contributed by atoms with van der Waals surface area (Å²) in [5.41, 5.74) is 0.481. The number of piperidine rings is 1. The highest BCUT2D eigenvalue weighted by Crippen LogP contribution is 2.46. The number of fused-ring (bicyclic) bond motifs is 1. The molecule has 0 radical (unpaired) electrons. The third-order valence-corrected chi connectivity index (χ3v) is 5.22. The van der Waals surface area contributed by atoms with Crippen molar-refractivity contribution >= 4 is 0 Å². The van der Waals surface area contributed by atoms with E-state index in [0.717, 1.165) is 23.9 Å². The molecule has 0 bridgehead atoms. The van der Waals surface area contributed by atoms with Crippen LogP contribution in [-0.4, -0.2) is 24.0 Å². The lowest BCUT2D eigenvalue weighted by atomic mass is 9.63. The number of nitrogens with zero attached hydrogens (tertiary/aromatic N) is 1. The topological polar surface area (TPSA) is 3.24 Å². The number of rotatable bonds is 0. The molecular weight excluding hydrogens is 194 g/mol. The second-order valence-electron chi connectivity index (χ2n) is 7.25. The van der Waals surface area contributed by atoms with Gasteiger partial charge < -0.3 is 4.90 Å². The fourth-order valence-corrected chi connectivity index (χ4v) is 4.10. The average Bonchev–Trinajstić information content (AvgIpc) is 2.21. The van der Waals surface area contributed by atoms with E-state index in [1.54, 1.807) is 0 Å². The Balaban J connectivity index is 2.20. The first-order chi connectivity index (χ1) is 7.41. The summed E-state index contributed by atoms with van der Waals surface area (Å²) in [5, 5.41) is 0. The van der Waals surface area contributed by atoms with Crippen molar-refractivity contribution < 1.29 is 0 Å². The molecule has 1 saturated heterocycles. The highest BCUT2D eigenvalue weighted by molar-refractivity contribution is 4.97. The van der Waals surface area contributed by atoms with E-state index in [-0.39, 0.29) is 0 Å². The predicted molar refractivity (Wildman–Crippen MR) is 70.5 cm³/mol. The van der Waals surface area contributed by atoms with Crippen molar-refractivity contribution in [2.45, 2.75) is 71.9 Å². The third kappa shape index (κ3) is 2.16. The maximum Gasteiger partial charge on any atom is 0.0156 e. The van der Waals surface area contributed by atoms with Crippen LogP contribution >= 0.6 is 0 Å². The molecule has 0 N–H and O–H groups in total. The minimum Gasteiger partial charge on any atom is -0.300 e. The van der Waals surface area contributed by atoms with Gasteiger partial charge in [0, 0.05) is 12.1 Å². The number of likely N-dealkylation sites (tertiary alicyclic amines) is 1. The Morgan fingerprint density at radius 1 is 1.00 bits per heavy atom. The van der Waals surface area contributed by atoms with Crippen LogP contribution in [0.4, 0.5) is 0 Å². The van der Waals surface area contributed by atoms with Crippen molar-refractivity contribution in [3.05, 3.63) is 0 Å². The van der Waals surface area contributed by atoms with Gasteiger partial charge in [-0.25, -0.2) is 0 Å². The zero-order valence-corrected chi connectivity index (χ0v) is 11.8. The quantitative estimate of drug-likeness (QED) is 0.601. The molecule has 0 unspecified atom stereocenters. The largest absolute Gasteiger partial charge is 0.300 e. The SMILES string of the molecule is C[C@@H]1CC[C@@H]2CCC[C@H](C(C)(C)C)[C@@H]2N1C. The first kappa shape index (κ1) is 12.4. The Kier molecular flexibility index (Phi) is 3.36. The average molecular weight is 223 g/mol. The Bertz CT molecular complexity index is 238. The van der Waals surface area contributed by atoms with Gasteiger partial charge in [-0.05, 0) is 56.9 Å². The molecule has 0 spiro atoms. The van der Waals surface area contributed by atoms with E-state index in [1.807, 2.05) is 0 Å². The van der Waals surface area contributed by atoms with Crippen LogP contribution in [0, 0.1) is 17.3 Å². The second-order valence-corrected chi connectivity index (χ2v) is 7.25. The van der Waals surface area contributed by atoms with E-state index in [0.29, 0.717) is 5.41 Å². The van der Waals surface area contributed by atoms with Gasteiger partial charge in [0.1, 0.15) is 0 Å². The first-order valence-electron chi connectivity index (χ1n) is 7.13. The molecule has 1 heterocycles. The summed E-state index contributed by atoms with van der Waals surface area (Å²) >= 11 is 0. The van der Waals surface area contributed by atoms with Crippen LogP contribution in [0.3, 0.4) is 0 Å². The molecular formula is C15H29N. The van der Waals surface area contributed by atoms with Gasteiger partial charge in [0.2, 0.25) is 0 Å². The highest BCUT2D eigenvalue weighted by Gasteiger charge is 2.44. The van der Waals surface area contributed by atoms with Gasteiger partial charge in [-0.1, -0.05) is 27.2 Å². The lowest BCUT2D eigenvalue weighted by Crippen LogP contribution is -2.55. The van der Waals surface area contributed by atoms with Crippen LogP contribution in [0.15, 0.2) is 0 Å². The summed E-state index contributed by atoms with van der Waals surface area (Å²) in [6.07, 6.45) is 7.28. The smallest absolute Gasteiger partial charge is 0.0156 e. The van der Waals surface area contributed by atoms with E-state index in [4.69, 9.17) is 0 Å². The molecule has 2 fully saturated rings. The lowest BCUT2D eigenvalue weighted by molar-refractivity contribution is -0.0326. The van der Waals surface area contributed by atoms with Crippen molar-refractivity contribution in [2.75, 3.05) is 7.05 Å². The van der Waals surface area contributed by atoms with Crippen LogP contribution in [0.2, 0.25) is 0 Å². The molecule has 2 rings (SSSR count). The monoisotopic (exact) mass is 223 g/mol. The van der Waals surface area contributed by atoms with E-state index >= 15 is 0 Å². The maximum atomic E-state index is 2.70. The van der Waals surface area contributed by atoms with Gasteiger partial charge in [-0.2, -0.15) is 0 Å². The van der Waals surface area contributed by atoms with Gasteiger partial charge in [0.05, 0.1) is 0 Å². The Labute approximate surface area is 102 Å². The van der Waals surface area contributed by atoms with Crippen molar-refractivity contribution in [3.8, 4) is 0 Å². The van der Waals surface area contributed by atoms with E-state index < -0.39 is 0 Å². The van der Waals surface area contributed by atoms with Crippen LogP contribution in [0.1, 0.15) is 59.8 Å². The molecule has 0 amide bonds. The summed E-state index contributed by atoms with van der Waals surface area (Å²) in [6.45, 7) is 9.72. The van der Waals surface area contributed by atoms with Crippen LogP contribution < -0.4 is 0 Å². The van der Waals surface area contributed by atoms with E-state index in [1.165, 1.54) is 32.1 Å². The molecule has 0 aromatic rings. The fraction of sp³-hybridized carbons (Fsp3) is 1.00. The molecule has 94 valence electrons. The lowest BCUT2D eigenvalue weighted by Gasteiger charge is -2.53. The zero-order valence-electron chi connectivity index (χ0n) is 11.8. The van der Waals surface area contributed by atoms with Crippen molar-refractivity contribution in [3.63, 3.8) is 0 Å². The van der Waals surface area contributed by atoms with Crippen molar-refractivity contribution in [1.82, 2.24) is 4.90 Å². The highest BCUT2D eigenvalue weighted by atomic mass is 15.2. The van der Waals surface area contributed by atoms with Gasteiger partial charge in [0.25, 0.3) is 0 Å². The number of hydrogen-bond acceptors (Lipinski definition) is 1. The predicted octanol–water partition coefficient (Wildman–Crippen LogP) is 3.93. The second kappa shape index (κ2) is 4.33. The molecule has 16 heavy (non-hydrogen) atoms. The van der Waals surface area contributed by atoms with Crippen molar-refractivity contribution in [2.24, 2.45) is 17.3 Å². The minimum absolute atomic E-state index is 0.481. The molecule has 1 aliphatic heterocycles. The van der Waals surface area contributed by atoms with Crippen molar-refractivity contribution in [1.29, 1.82) is 0 Å². The van der Waals surface area contributed by atoms with Crippen LogP contribution in [0.25, 0.3) is 0 Å². The molecule has 0 aromatic carbocycles. The maximum absolute atomic E-state index is 2.70. The van der Waals surface area contributed by atoms with Crippen LogP contribution in [-0.2, 0) is 0 Å². The Hall–Kier alpha value is -0.0400. The summed E-state index contributed by atoms with van der Waals surface area (Å²) in [6, 6.07) is 1.65. The summed E-state index contributed by atoms with van der Waals surface area (Å²) in [4.78, 5) is 2.70. The molecule has 2 aliphatic rings. The summed E-state index contributed by atoms with van der Waals surface area (Å²) < 4.78 is 0. The molecule has 1 nitrogen and oxygen atoms in total. The van der Waals surface area contributed by atoms with Gasteiger partial charge in [0.15, 0.2) is 0 Å². The standard InChI is InChI=1S/C15H29N/c1-11-9-10-12-7-6-8-13(15(2,3)4)14(12)16(11)5/h11-14H,6-10H2,1-5H3/t11-,12+,13+,14-/m1/s1. The Morgan fingerprint density at radius 2 is 1.69 bits per heavy atom. The van der Waals surface area contributed by atoms with Crippen LogP contribution in [0.5, 0.6) is 0 Å². The van der Waals surface area contributed by atoms with E-state index in [9.17, 15) is 0 Å². The summed E-state index contributed by atoms with van der Waals surface area (Å²) in [7, 11) is 2.37. The Morgan fingerprint density at radius 3 is 2.31 bits per heavy atom. The first-order valence-corrected chi connectivity index (χ1v) is 7.13. The van der Waals surface area contributed by atoms with E-state index in [2.05, 4.69) is 39.6 Å². The molecule has 1 saturated carbocycles. The van der Waals surface area contributed by atoms with Gasteiger partial charge in [-0.3, -0.25) is 0 Å². The number of hydrogen-bond donors (Lipinski definition) is 0. The third-order valence-electron chi connectivity index (χ3n) is 5.22. The molecule has 4 atom stereocenters. The molecule has 1 heteroatoms. The fourth-order valence-electron chi connectivity index (χ4n) is 4.10. The molecule has 0 aromatic heterocycles. The zero-order chi connectivity index (χ0) is 11.9. The minimum atomic E-state index is 0.481. The van der Waals surface area contributed by atoms with Gasteiger partial charge >= 0.3 is 0 Å². The summed E-state index contributed by atoms with van der Waals surface area (Å²) in [5.74, 6) is 1.89.